The molecule has 0 saturated carbocycles. The number of ketones is 1. The minimum Gasteiger partial charge on any atom is -0.468 e. The van der Waals surface area contributed by atoms with Crippen molar-refractivity contribution < 1.29 is 19.1 Å². The summed E-state index contributed by atoms with van der Waals surface area (Å²) in [6, 6.07) is 3.62. The van der Waals surface area contributed by atoms with Crippen LogP contribution in [0.15, 0.2) is 45.2 Å². The average molecular weight is 362 g/mol. The normalized spacial score (nSPS) is 20.7. The SMILES string of the molecule is COC(=O)C1CN(Cc2cccnc2)C(=O)C(=C2SC=CS2)C1=O. The van der Waals surface area contributed by atoms with Gasteiger partial charge in [0.15, 0.2) is 5.78 Å². The van der Waals surface area contributed by atoms with Crippen LogP contribution < -0.4 is 0 Å². The van der Waals surface area contributed by atoms with Gasteiger partial charge < -0.3 is 9.64 Å². The van der Waals surface area contributed by atoms with Crippen LogP contribution in [0, 0.1) is 5.92 Å². The summed E-state index contributed by atoms with van der Waals surface area (Å²) in [5.41, 5.74) is 0.901. The Morgan fingerprint density at radius 3 is 2.75 bits per heavy atom. The zero-order valence-corrected chi connectivity index (χ0v) is 14.4. The molecule has 0 aliphatic carbocycles. The molecule has 1 unspecified atom stereocenters. The van der Waals surface area contributed by atoms with Crippen LogP contribution in [-0.2, 0) is 25.7 Å². The minimum absolute atomic E-state index is 0.0127. The lowest BCUT2D eigenvalue weighted by Gasteiger charge is -2.32. The lowest BCUT2D eigenvalue weighted by molar-refractivity contribution is -0.152. The summed E-state index contributed by atoms with van der Waals surface area (Å²) >= 11 is 2.63. The first-order valence-corrected chi connectivity index (χ1v) is 8.90. The van der Waals surface area contributed by atoms with Gasteiger partial charge in [0.05, 0.1) is 11.3 Å². The number of carbonyl (C=O) groups is 3. The van der Waals surface area contributed by atoms with E-state index in [9.17, 15) is 14.4 Å². The first kappa shape index (κ1) is 16.8. The summed E-state index contributed by atoms with van der Waals surface area (Å²) in [5, 5.41) is 3.61. The van der Waals surface area contributed by atoms with E-state index in [1.54, 1.807) is 29.3 Å². The molecule has 8 heteroatoms. The number of carbonyl (C=O) groups excluding carboxylic acids is 3. The third-order valence-corrected chi connectivity index (χ3v) is 5.79. The third-order valence-electron chi connectivity index (χ3n) is 3.66. The van der Waals surface area contributed by atoms with Gasteiger partial charge in [0.1, 0.15) is 11.5 Å². The number of nitrogens with zero attached hydrogens (tertiary/aromatic N) is 2. The molecule has 0 N–H and O–H groups in total. The number of hydrogen-bond acceptors (Lipinski definition) is 7. The Balaban J connectivity index is 1.94. The summed E-state index contributed by atoms with van der Waals surface area (Å²) < 4.78 is 5.35. The molecule has 1 atom stereocenters. The molecule has 0 bridgehead atoms. The highest BCUT2D eigenvalue weighted by molar-refractivity contribution is 8.27. The molecule has 1 saturated heterocycles. The molecule has 1 fully saturated rings. The smallest absolute Gasteiger partial charge is 0.318 e. The van der Waals surface area contributed by atoms with Crippen LogP contribution in [0.25, 0.3) is 0 Å². The minimum atomic E-state index is -0.992. The summed E-state index contributed by atoms with van der Waals surface area (Å²) in [6.45, 7) is 0.297. The average Bonchev–Trinajstić information content (AvgIpc) is 3.12. The number of rotatable bonds is 3. The van der Waals surface area contributed by atoms with Crippen molar-refractivity contribution in [3.63, 3.8) is 0 Å². The molecule has 0 spiro atoms. The van der Waals surface area contributed by atoms with Crippen LogP contribution in [0.3, 0.4) is 0 Å². The molecule has 0 aromatic carbocycles. The number of hydrogen-bond donors (Lipinski definition) is 0. The van der Waals surface area contributed by atoms with E-state index in [1.807, 2.05) is 6.07 Å². The van der Waals surface area contributed by atoms with Crippen molar-refractivity contribution in [2.45, 2.75) is 6.54 Å². The summed E-state index contributed by atoms with van der Waals surface area (Å²) in [6.07, 6.45) is 3.30. The van der Waals surface area contributed by atoms with Gasteiger partial charge in [0, 0.05) is 25.5 Å². The second kappa shape index (κ2) is 7.23. The van der Waals surface area contributed by atoms with E-state index in [0.29, 0.717) is 4.24 Å². The fourth-order valence-electron chi connectivity index (χ4n) is 2.51. The van der Waals surface area contributed by atoms with Crippen LogP contribution >= 0.6 is 23.5 Å². The van der Waals surface area contributed by atoms with Crippen molar-refractivity contribution >= 4 is 41.2 Å². The van der Waals surface area contributed by atoms with Gasteiger partial charge >= 0.3 is 5.97 Å². The quantitative estimate of drug-likeness (QED) is 0.352. The molecule has 2 aliphatic rings. The Bertz CT molecular complexity index is 736. The van der Waals surface area contributed by atoms with Crippen molar-refractivity contribution in [3.05, 3.63) is 50.7 Å². The number of pyridine rings is 1. The zero-order valence-electron chi connectivity index (χ0n) is 12.8. The number of esters is 1. The van der Waals surface area contributed by atoms with E-state index < -0.39 is 17.7 Å². The van der Waals surface area contributed by atoms with Crippen LogP contribution in [0.2, 0.25) is 0 Å². The summed E-state index contributed by atoms with van der Waals surface area (Å²) in [4.78, 5) is 43.0. The predicted molar refractivity (Wildman–Crippen MR) is 91.5 cm³/mol. The molecule has 124 valence electrons. The van der Waals surface area contributed by atoms with Crippen molar-refractivity contribution in [1.82, 2.24) is 9.88 Å². The van der Waals surface area contributed by atoms with E-state index >= 15 is 0 Å². The largest absolute Gasteiger partial charge is 0.468 e. The summed E-state index contributed by atoms with van der Waals surface area (Å²) in [5.74, 6) is -2.44. The molecule has 3 heterocycles. The Labute approximate surface area is 147 Å². The second-order valence-corrected chi connectivity index (χ2v) is 7.25. The molecule has 6 nitrogen and oxygen atoms in total. The number of piperidine rings is 1. The van der Waals surface area contributed by atoms with Crippen LogP contribution in [0.5, 0.6) is 0 Å². The molecule has 3 rings (SSSR count). The van der Waals surface area contributed by atoms with Crippen LogP contribution in [0.1, 0.15) is 5.56 Å². The maximum absolute atomic E-state index is 12.8. The highest BCUT2D eigenvalue weighted by atomic mass is 32.2. The van der Waals surface area contributed by atoms with Gasteiger partial charge in [-0.05, 0) is 22.4 Å². The second-order valence-electron chi connectivity index (χ2n) is 5.16. The lowest BCUT2D eigenvalue weighted by Crippen LogP contribution is -2.49. The predicted octanol–water partition coefficient (Wildman–Crippen LogP) is 1.94. The van der Waals surface area contributed by atoms with E-state index in [-0.39, 0.29) is 24.6 Å². The number of Topliss-reactive ketones (excluding diaryl/α,β-unsaturated/α-hetero) is 1. The number of ether oxygens (including phenoxy) is 1. The first-order valence-electron chi connectivity index (χ1n) is 7.14. The van der Waals surface area contributed by atoms with E-state index in [0.717, 1.165) is 5.56 Å². The number of aromatic nitrogens is 1. The fraction of sp³-hybridized carbons (Fsp3) is 0.250. The Hall–Kier alpha value is -2.06. The van der Waals surface area contributed by atoms with Gasteiger partial charge in [0.2, 0.25) is 0 Å². The van der Waals surface area contributed by atoms with Crippen LogP contribution in [-0.4, -0.2) is 41.2 Å². The topological polar surface area (TPSA) is 76.6 Å². The van der Waals surface area contributed by atoms with Crippen molar-refractivity contribution in [2.24, 2.45) is 5.92 Å². The monoisotopic (exact) mass is 362 g/mol. The Morgan fingerprint density at radius 1 is 1.38 bits per heavy atom. The van der Waals surface area contributed by atoms with E-state index in [4.69, 9.17) is 4.74 Å². The van der Waals surface area contributed by atoms with E-state index in [2.05, 4.69) is 4.98 Å². The third kappa shape index (κ3) is 3.25. The molecule has 1 amide bonds. The molecular weight excluding hydrogens is 348 g/mol. The van der Waals surface area contributed by atoms with Crippen molar-refractivity contribution in [1.29, 1.82) is 0 Å². The first-order chi connectivity index (χ1) is 11.6. The summed E-state index contributed by atoms with van der Waals surface area (Å²) in [7, 11) is 1.24. The standard InChI is InChI=1S/C16H14N2O4S2/c1-22-15(21)11-9-18(8-10-3-2-4-17-7-10)14(20)12(13(11)19)16-23-5-6-24-16/h2-7,11H,8-9H2,1H3. The molecule has 2 aliphatic heterocycles. The highest BCUT2D eigenvalue weighted by Gasteiger charge is 2.43. The highest BCUT2D eigenvalue weighted by Crippen LogP contribution is 2.42. The van der Waals surface area contributed by atoms with Gasteiger partial charge in [-0.1, -0.05) is 29.6 Å². The maximum atomic E-state index is 12.8. The number of likely N-dealkylation sites (tertiary alicyclic amines) is 1. The van der Waals surface area contributed by atoms with Crippen molar-refractivity contribution in [2.75, 3.05) is 13.7 Å². The Morgan fingerprint density at radius 2 is 2.12 bits per heavy atom. The molecule has 1 aromatic rings. The Kier molecular flexibility index (Phi) is 5.06. The molecule has 24 heavy (non-hydrogen) atoms. The molecule has 1 aromatic heterocycles. The number of thioether (sulfide) groups is 2. The van der Waals surface area contributed by atoms with E-state index in [1.165, 1.54) is 35.5 Å². The van der Waals surface area contributed by atoms with Crippen LogP contribution in [0.4, 0.5) is 0 Å². The number of methoxy groups -OCH3 is 1. The fourth-order valence-corrected chi connectivity index (χ4v) is 4.37. The lowest BCUT2D eigenvalue weighted by atomic mass is 9.92. The van der Waals surface area contributed by atoms with Gasteiger partial charge in [-0.15, -0.1) is 0 Å². The molecular formula is C16H14N2O4S2. The van der Waals surface area contributed by atoms with Gasteiger partial charge in [-0.25, -0.2) is 0 Å². The van der Waals surface area contributed by atoms with Gasteiger partial charge in [-0.3, -0.25) is 19.4 Å². The van der Waals surface area contributed by atoms with Gasteiger partial charge in [-0.2, -0.15) is 0 Å². The molecule has 0 radical (unpaired) electrons. The zero-order chi connectivity index (χ0) is 17.1. The maximum Gasteiger partial charge on any atom is 0.318 e. The van der Waals surface area contributed by atoms with Crippen molar-refractivity contribution in [3.8, 4) is 0 Å². The number of amides is 1. The van der Waals surface area contributed by atoms with Gasteiger partial charge in [0.25, 0.3) is 5.91 Å².